The summed E-state index contributed by atoms with van der Waals surface area (Å²) in [6.07, 6.45) is 2.99. The van der Waals surface area contributed by atoms with Crippen LogP contribution in [0.2, 0.25) is 0 Å². The monoisotopic (exact) mass is 383 g/mol. The van der Waals surface area contributed by atoms with Gasteiger partial charge >= 0.3 is 0 Å². The Kier molecular flexibility index (Phi) is 7.15. The van der Waals surface area contributed by atoms with Gasteiger partial charge in [0.1, 0.15) is 0 Å². The van der Waals surface area contributed by atoms with Gasteiger partial charge in [0, 0.05) is 24.4 Å². The number of nitrogens with two attached hydrogens (primary N) is 1. The number of nitrogens with one attached hydrogen (secondary N) is 2. The molecule has 8 heteroatoms. The van der Waals surface area contributed by atoms with Crippen LogP contribution >= 0.6 is 0 Å². The molecule has 0 aromatic heterocycles. The average molecular weight is 383 g/mol. The van der Waals surface area contributed by atoms with Crippen LogP contribution in [0, 0.1) is 0 Å². The lowest BCUT2D eigenvalue weighted by Crippen LogP contribution is -2.20. The van der Waals surface area contributed by atoms with E-state index in [1.54, 1.807) is 48.5 Å². The lowest BCUT2D eigenvalue weighted by molar-refractivity contribution is -0.120. The Balaban J connectivity index is 1.99. The maximum absolute atomic E-state index is 12.1. The van der Waals surface area contributed by atoms with Gasteiger partial charge in [-0.25, -0.2) is 0 Å². The van der Waals surface area contributed by atoms with Crippen LogP contribution in [0.1, 0.15) is 12.5 Å². The largest absolute Gasteiger partial charge is 0.493 e. The third-order valence-electron chi connectivity index (χ3n) is 3.46. The average Bonchev–Trinajstić information content (AvgIpc) is 2.66. The van der Waals surface area contributed by atoms with Crippen molar-refractivity contribution in [2.45, 2.75) is 6.92 Å². The van der Waals surface area contributed by atoms with Crippen molar-refractivity contribution in [1.82, 2.24) is 0 Å². The number of benzene rings is 2. The molecule has 0 aliphatic carbocycles. The Labute approximate surface area is 162 Å². The van der Waals surface area contributed by atoms with E-state index in [1.807, 2.05) is 0 Å². The quantitative estimate of drug-likeness (QED) is 0.604. The van der Waals surface area contributed by atoms with Crippen LogP contribution in [-0.4, -0.2) is 31.4 Å². The molecule has 2 aromatic carbocycles. The highest BCUT2D eigenvalue weighted by molar-refractivity contribution is 6.02. The van der Waals surface area contributed by atoms with E-state index in [0.29, 0.717) is 28.4 Å². The fourth-order valence-electron chi connectivity index (χ4n) is 2.25. The Morgan fingerprint density at radius 1 is 1.00 bits per heavy atom. The number of carbonyl (C=O) groups excluding carboxylic acids is 3. The van der Waals surface area contributed by atoms with E-state index in [2.05, 4.69) is 10.6 Å². The van der Waals surface area contributed by atoms with Crippen molar-refractivity contribution in [3.05, 3.63) is 54.1 Å². The molecule has 28 heavy (non-hydrogen) atoms. The van der Waals surface area contributed by atoms with Crippen LogP contribution < -0.4 is 25.8 Å². The summed E-state index contributed by atoms with van der Waals surface area (Å²) in [7, 11) is 1.47. The minimum absolute atomic E-state index is 0.166. The number of carbonyl (C=O) groups is 3. The number of ether oxygens (including phenoxy) is 2. The van der Waals surface area contributed by atoms with Crippen molar-refractivity contribution in [3.8, 4) is 11.5 Å². The summed E-state index contributed by atoms with van der Waals surface area (Å²) < 4.78 is 10.5. The Bertz CT molecular complexity index is 891. The number of rotatable bonds is 8. The molecule has 0 aliphatic rings. The number of anilines is 2. The van der Waals surface area contributed by atoms with Gasteiger partial charge in [-0.15, -0.1) is 0 Å². The van der Waals surface area contributed by atoms with Crippen molar-refractivity contribution in [2.24, 2.45) is 5.73 Å². The van der Waals surface area contributed by atoms with E-state index in [-0.39, 0.29) is 18.4 Å². The maximum Gasteiger partial charge on any atom is 0.255 e. The first-order valence-corrected chi connectivity index (χ1v) is 8.33. The van der Waals surface area contributed by atoms with E-state index in [1.165, 1.54) is 20.1 Å². The van der Waals surface area contributed by atoms with E-state index < -0.39 is 5.91 Å². The molecular weight excluding hydrogens is 362 g/mol. The predicted octanol–water partition coefficient (Wildman–Crippen LogP) is 2.17. The summed E-state index contributed by atoms with van der Waals surface area (Å²) in [4.78, 5) is 33.9. The standard InChI is InChI=1S/C20H21N3O5/c1-13(24)22-15-5-7-16(8-6-15)23-20(26)10-4-14-3-9-17(18(11-14)27-2)28-12-19(21)25/h3-11H,12H2,1-2H3,(H2,21,25)(H,22,24)(H,23,26)/b10-4+. The van der Waals surface area contributed by atoms with Crippen LogP contribution in [0.15, 0.2) is 48.5 Å². The summed E-state index contributed by atoms with van der Waals surface area (Å²) in [6, 6.07) is 11.8. The van der Waals surface area contributed by atoms with E-state index in [9.17, 15) is 14.4 Å². The van der Waals surface area contributed by atoms with Gasteiger partial charge in [0.05, 0.1) is 7.11 Å². The molecule has 4 N–H and O–H groups in total. The molecule has 0 radical (unpaired) electrons. The topological polar surface area (TPSA) is 120 Å². The van der Waals surface area contributed by atoms with Gasteiger partial charge in [-0.1, -0.05) is 6.07 Å². The molecule has 0 saturated carbocycles. The highest BCUT2D eigenvalue weighted by atomic mass is 16.5. The fourth-order valence-corrected chi connectivity index (χ4v) is 2.25. The first kappa shape index (κ1) is 20.5. The molecular formula is C20H21N3O5. The first-order valence-electron chi connectivity index (χ1n) is 8.33. The Morgan fingerprint density at radius 2 is 1.64 bits per heavy atom. The van der Waals surface area contributed by atoms with Gasteiger partial charge in [-0.2, -0.15) is 0 Å². The second-order valence-corrected chi connectivity index (χ2v) is 5.75. The third-order valence-corrected chi connectivity index (χ3v) is 3.46. The van der Waals surface area contributed by atoms with Crippen LogP contribution in [-0.2, 0) is 14.4 Å². The Morgan fingerprint density at radius 3 is 2.21 bits per heavy atom. The van der Waals surface area contributed by atoms with Crippen molar-refractivity contribution in [2.75, 3.05) is 24.4 Å². The van der Waals surface area contributed by atoms with Crippen molar-refractivity contribution in [1.29, 1.82) is 0 Å². The molecule has 0 heterocycles. The minimum atomic E-state index is -0.590. The zero-order valence-corrected chi connectivity index (χ0v) is 15.5. The summed E-state index contributed by atoms with van der Waals surface area (Å²) in [6.45, 7) is 1.17. The first-order chi connectivity index (χ1) is 13.4. The number of primary amides is 1. The fraction of sp³-hybridized carbons (Fsp3) is 0.150. The molecule has 0 saturated heterocycles. The highest BCUT2D eigenvalue weighted by Crippen LogP contribution is 2.28. The molecule has 0 spiro atoms. The van der Waals surface area contributed by atoms with E-state index >= 15 is 0 Å². The zero-order chi connectivity index (χ0) is 20.5. The van der Waals surface area contributed by atoms with Gasteiger partial charge in [0.25, 0.3) is 5.91 Å². The molecule has 0 bridgehead atoms. The van der Waals surface area contributed by atoms with Crippen LogP contribution in [0.5, 0.6) is 11.5 Å². The number of hydrogen-bond donors (Lipinski definition) is 3. The molecule has 146 valence electrons. The van der Waals surface area contributed by atoms with Crippen LogP contribution in [0.3, 0.4) is 0 Å². The third kappa shape index (κ3) is 6.49. The number of methoxy groups -OCH3 is 1. The molecule has 2 rings (SSSR count). The summed E-state index contributed by atoms with van der Waals surface area (Å²) in [5, 5.41) is 5.37. The van der Waals surface area contributed by atoms with Gasteiger partial charge in [-0.05, 0) is 48.0 Å². The molecule has 8 nitrogen and oxygen atoms in total. The van der Waals surface area contributed by atoms with E-state index in [4.69, 9.17) is 15.2 Å². The van der Waals surface area contributed by atoms with Crippen molar-refractivity contribution in [3.63, 3.8) is 0 Å². The second-order valence-electron chi connectivity index (χ2n) is 5.75. The van der Waals surface area contributed by atoms with Gasteiger partial charge in [-0.3, -0.25) is 14.4 Å². The van der Waals surface area contributed by atoms with Gasteiger partial charge < -0.3 is 25.8 Å². The zero-order valence-electron chi connectivity index (χ0n) is 15.5. The number of amides is 3. The molecule has 0 aliphatic heterocycles. The molecule has 3 amide bonds. The number of hydrogen-bond acceptors (Lipinski definition) is 5. The van der Waals surface area contributed by atoms with Crippen molar-refractivity contribution < 1.29 is 23.9 Å². The second kappa shape index (κ2) is 9.77. The normalized spacial score (nSPS) is 10.4. The van der Waals surface area contributed by atoms with E-state index in [0.717, 1.165) is 0 Å². The van der Waals surface area contributed by atoms with Crippen molar-refractivity contribution >= 4 is 35.2 Å². The molecule has 0 fully saturated rings. The summed E-state index contributed by atoms with van der Waals surface area (Å²) in [5.74, 6) is -0.283. The maximum atomic E-state index is 12.1. The summed E-state index contributed by atoms with van der Waals surface area (Å²) in [5.41, 5.74) is 7.00. The minimum Gasteiger partial charge on any atom is -0.493 e. The lowest BCUT2D eigenvalue weighted by atomic mass is 10.2. The highest BCUT2D eigenvalue weighted by Gasteiger charge is 2.07. The smallest absolute Gasteiger partial charge is 0.255 e. The van der Waals surface area contributed by atoms with Crippen LogP contribution in [0.4, 0.5) is 11.4 Å². The Hall–Kier alpha value is -3.81. The lowest BCUT2D eigenvalue weighted by Gasteiger charge is -2.10. The molecule has 0 unspecified atom stereocenters. The molecule has 2 aromatic rings. The predicted molar refractivity (Wildman–Crippen MR) is 106 cm³/mol. The molecule has 0 atom stereocenters. The van der Waals surface area contributed by atoms with Crippen LogP contribution in [0.25, 0.3) is 6.08 Å². The SMILES string of the molecule is COc1cc(/C=C/C(=O)Nc2ccc(NC(C)=O)cc2)ccc1OCC(N)=O. The summed E-state index contributed by atoms with van der Waals surface area (Å²) >= 11 is 0. The van der Waals surface area contributed by atoms with Gasteiger partial charge in [0.15, 0.2) is 18.1 Å². The van der Waals surface area contributed by atoms with Gasteiger partial charge in [0.2, 0.25) is 11.8 Å².